The number of unbranched alkanes of at least 4 members (excludes halogenated alkanes) is 1. The van der Waals surface area contributed by atoms with Crippen LogP contribution >= 0.6 is 24.8 Å². The zero-order valence-electron chi connectivity index (χ0n) is 15.8. The van der Waals surface area contributed by atoms with E-state index in [1.807, 2.05) is 39.0 Å². The highest BCUT2D eigenvalue weighted by Crippen LogP contribution is 2.49. The van der Waals surface area contributed by atoms with Crippen LogP contribution < -0.4 is 16.4 Å². The molecular weight excluding hydrogens is 375 g/mol. The molecule has 26 heavy (non-hydrogen) atoms. The summed E-state index contributed by atoms with van der Waals surface area (Å²) < 4.78 is 5.66. The molecule has 1 aromatic rings. The fraction of sp³-hybridized carbons (Fsp3) is 0.667. The number of carbonyl (C=O) groups is 1. The van der Waals surface area contributed by atoms with Gasteiger partial charge in [0.2, 0.25) is 5.91 Å². The van der Waals surface area contributed by atoms with E-state index in [4.69, 9.17) is 10.5 Å². The zero-order chi connectivity index (χ0) is 17.6. The first-order valence-corrected chi connectivity index (χ1v) is 8.75. The molecule has 1 fully saturated rings. The van der Waals surface area contributed by atoms with Gasteiger partial charge < -0.3 is 21.1 Å². The summed E-state index contributed by atoms with van der Waals surface area (Å²) in [7, 11) is 0. The Morgan fingerprint density at radius 3 is 2.58 bits per heavy atom. The predicted octanol–water partition coefficient (Wildman–Crippen LogP) is 2.77. The van der Waals surface area contributed by atoms with Crippen LogP contribution in [0.15, 0.2) is 24.4 Å². The maximum Gasteiger partial charge on any atom is 0.240 e. The van der Waals surface area contributed by atoms with Crippen LogP contribution in [0.3, 0.4) is 0 Å². The second-order valence-electron chi connectivity index (χ2n) is 6.95. The predicted molar refractivity (Wildman–Crippen MR) is 110 cm³/mol. The van der Waals surface area contributed by atoms with Gasteiger partial charge in [0.25, 0.3) is 0 Å². The minimum atomic E-state index is -0.834. The number of ether oxygens (including phenoxy) is 1. The van der Waals surface area contributed by atoms with Crippen molar-refractivity contribution >= 4 is 36.5 Å². The number of pyridine rings is 1. The van der Waals surface area contributed by atoms with E-state index in [0.29, 0.717) is 19.6 Å². The van der Waals surface area contributed by atoms with E-state index in [1.54, 1.807) is 6.20 Å². The molecule has 150 valence electrons. The van der Waals surface area contributed by atoms with Crippen molar-refractivity contribution in [2.45, 2.75) is 51.7 Å². The van der Waals surface area contributed by atoms with Crippen LogP contribution in [0.5, 0.6) is 0 Å². The van der Waals surface area contributed by atoms with Crippen LogP contribution in [-0.2, 0) is 9.53 Å². The summed E-state index contributed by atoms with van der Waals surface area (Å²) in [4.78, 5) is 16.7. The second kappa shape index (κ2) is 10.9. The lowest BCUT2D eigenvalue weighted by atomic mass is 9.54. The van der Waals surface area contributed by atoms with Gasteiger partial charge in [-0.1, -0.05) is 19.9 Å². The van der Waals surface area contributed by atoms with Gasteiger partial charge in [-0.15, -0.1) is 24.8 Å². The van der Waals surface area contributed by atoms with Crippen molar-refractivity contribution in [1.29, 1.82) is 0 Å². The molecule has 8 heteroatoms. The minimum absolute atomic E-state index is 0. The Morgan fingerprint density at radius 1 is 1.31 bits per heavy atom. The summed E-state index contributed by atoms with van der Waals surface area (Å²) in [5.41, 5.74) is 5.18. The Balaban J connectivity index is 0.00000312. The highest BCUT2D eigenvalue weighted by atomic mass is 35.5. The normalized spacial score (nSPS) is 23.0. The van der Waals surface area contributed by atoms with Gasteiger partial charge in [-0.2, -0.15) is 0 Å². The summed E-state index contributed by atoms with van der Waals surface area (Å²) >= 11 is 0. The van der Waals surface area contributed by atoms with Crippen molar-refractivity contribution in [2.75, 3.05) is 25.0 Å². The van der Waals surface area contributed by atoms with E-state index in [0.717, 1.165) is 25.2 Å². The lowest BCUT2D eigenvalue weighted by molar-refractivity contribution is -0.170. The highest BCUT2D eigenvalue weighted by Gasteiger charge is 2.62. The first-order chi connectivity index (χ1) is 11.4. The third-order valence-electron chi connectivity index (χ3n) is 5.10. The average molecular weight is 407 g/mol. The lowest BCUT2D eigenvalue weighted by Gasteiger charge is -2.57. The number of amides is 1. The van der Waals surface area contributed by atoms with Gasteiger partial charge in [0.05, 0.1) is 6.10 Å². The van der Waals surface area contributed by atoms with Crippen LogP contribution in [0.4, 0.5) is 5.82 Å². The lowest BCUT2D eigenvalue weighted by Crippen LogP contribution is -2.75. The molecule has 6 nitrogen and oxygen atoms in total. The summed E-state index contributed by atoms with van der Waals surface area (Å²) in [6, 6.07) is 5.78. The van der Waals surface area contributed by atoms with Gasteiger partial charge in [0, 0.05) is 37.7 Å². The topological polar surface area (TPSA) is 89.3 Å². The van der Waals surface area contributed by atoms with Crippen molar-refractivity contribution in [2.24, 2.45) is 11.1 Å². The molecule has 2 unspecified atom stereocenters. The summed E-state index contributed by atoms with van der Waals surface area (Å²) in [6.07, 6.45) is 4.26. The fourth-order valence-electron chi connectivity index (χ4n) is 3.11. The Bertz CT molecular complexity index is 545. The van der Waals surface area contributed by atoms with E-state index in [9.17, 15) is 4.79 Å². The number of hydrogen-bond acceptors (Lipinski definition) is 5. The SMILES string of the molecule is CCOC1CC(N)(C(=O)NCCCCNc2ccccn2)C1(C)C.Cl.Cl. The van der Waals surface area contributed by atoms with Crippen LogP contribution in [0.25, 0.3) is 0 Å². The molecule has 1 aliphatic rings. The summed E-state index contributed by atoms with van der Waals surface area (Å²) in [5.74, 6) is 0.807. The third-order valence-corrected chi connectivity index (χ3v) is 5.10. The van der Waals surface area contributed by atoms with Crippen molar-refractivity contribution < 1.29 is 9.53 Å². The van der Waals surface area contributed by atoms with Crippen LogP contribution in [0, 0.1) is 5.41 Å². The molecule has 0 aromatic carbocycles. The van der Waals surface area contributed by atoms with E-state index in [-0.39, 0.29) is 42.2 Å². The van der Waals surface area contributed by atoms with Gasteiger partial charge in [-0.25, -0.2) is 4.98 Å². The smallest absolute Gasteiger partial charge is 0.240 e. The molecule has 2 rings (SSSR count). The first kappa shape index (κ1) is 24.9. The molecule has 1 saturated carbocycles. The molecule has 1 amide bonds. The Kier molecular flexibility index (Phi) is 10.5. The van der Waals surface area contributed by atoms with E-state index >= 15 is 0 Å². The Labute approximate surface area is 168 Å². The van der Waals surface area contributed by atoms with Crippen molar-refractivity contribution in [3.63, 3.8) is 0 Å². The van der Waals surface area contributed by atoms with Crippen molar-refractivity contribution in [3.05, 3.63) is 24.4 Å². The van der Waals surface area contributed by atoms with Crippen molar-refractivity contribution in [1.82, 2.24) is 10.3 Å². The monoisotopic (exact) mass is 406 g/mol. The summed E-state index contributed by atoms with van der Waals surface area (Å²) in [6.45, 7) is 8.09. The number of rotatable bonds is 9. The molecule has 0 saturated heterocycles. The molecule has 0 radical (unpaired) electrons. The van der Waals surface area contributed by atoms with Gasteiger partial charge in [-0.05, 0) is 31.9 Å². The number of carbonyl (C=O) groups excluding carboxylic acids is 1. The number of aromatic nitrogens is 1. The molecular formula is C18H32Cl2N4O2. The van der Waals surface area contributed by atoms with E-state index in [1.165, 1.54) is 0 Å². The number of nitrogens with zero attached hydrogens (tertiary/aromatic N) is 1. The van der Waals surface area contributed by atoms with Gasteiger partial charge >= 0.3 is 0 Å². The molecule has 2 atom stereocenters. The van der Waals surface area contributed by atoms with E-state index in [2.05, 4.69) is 15.6 Å². The molecule has 4 N–H and O–H groups in total. The Hall–Kier alpha value is -1.08. The van der Waals surface area contributed by atoms with Crippen LogP contribution in [0.1, 0.15) is 40.0 Å². The molecule has 0 aliphatic heterocycles. The minimum Gasteiger partial charge on any atom is -0.378 e. The van der Waals surface area contributed by atoms with Gasteiger partial charge in [0.15, 0.2) is 0 Å². The standard InChI is InChI=1S/C18H30N4O2.2ClH/c1-4-24-14-13-18(19,17(14,2)3)16(23)22-12-8-7-11-21-15-9-5-6-10-20-15;;/h5-6,9-10,14H,4,7-8,11-13,19H2,1-3H3,(H,20,21)(H,22,23);2*1H. The maximum absolute atomic E-state index is 12.4. The molecule has 1 aliphatic carbocycles. The first-order valence-electron chi connectivity index (χ1n) is 8.75. The third kappa shape index (κ3) is 5.46. The molecule has 1 aromatic heterocycles. The number of halogens is 2. The van der Waals surface area contributed by atoms with Gasteiger partial charge in [0.1, 0.15) is 11.4 Å². The largest absolute Gasteiger partial charge is 0.378 e. The van der Waals surface area contributed by atoms with Crippen LogP contribution in [-0.4, -0.2) is 42.2 Å². The van der Waals surface area contributed by atoms with Gasteiger partial charge in [-0.3, -0.25) is 4.79 Å². The maximum atomic E-state index is 12.4. The van der Waals surface area contributed by atoms with Crippen LogP contribution in [0.2, 0.25) is 0 Å². The molecule has 0 spiro atoms. The fourth-order valence-corrected chi connectivity index (χ4v) is 3.11. The average Bonchev–Trinajstić information content (AvgIpc) is 2.58. The summed E-state index contributed by atoms with van der Waals surface area (Å²) in [5, 5.41) is 6.23. The molecule has 0 bridgehead atoms. The molecule has 1 heterocycles. The number of nitrogens with one attached hydrogen (secondary N) is 2. The number of nitrogens with two attached hydrogens (primary N) is 1. The number of hydrogen-bond donors (Lipinski definition) is 3. The van der Waals surface area contributed by atoms with Crippen molar-refractivity contribution in [3.8, 4) is 0 Å². The highest BCUT2D eigenvalue weighted by molar-refractivity contribution is 5.88. The second-order valence-corrected chi connectivity index (χ2v) is 6.95. The quantitative estimate of drug-likeness (QED) is 0.548. The zero-order valence-corrected chi connectivity index (χ0v) is 17.4. The number of anilines is 1. The van der Waals surface area contributed by atoms with E-state index < -0.39 is 5.54 Å². The Morgan fingerprint density at radius 2 is 2.00 bits per heavy atom.